The topological polar surface area (TPSA) is 50.8 Å². The smallest absolute Gasteiger partial charge is 0.251 e. The van der Waals surface area contributed by atoms with Gasteiger partial charge in [0, 0.05) is 25.2 Å². The first-order valence-electron chi connectivity index (χ1n) is 10.7. The molecule has 0 radical (unpaired) electrons. The summed E-state index contributed by atoms with van der Waals surface area (Å²) in [6.07, 6.45) is 0. The third-order valence-corrected chi connectivity index (χ3v) is 5.42. The van der Waals surface area contributed by atoms with Crippen molar-refractivity contribution in [3.8, 4) is 5.75 Å². The molecule has 1 atom stereocenters. The van der Waals surface area contributed by atoms with Crippen LogP contribution in [0, 0.1) is 0 Å². The largest absolute Gasteiger partial charge is 0.489 e. The van der Waals surface area contributed by atoms with Crippen LogP contribution in [0.1, 0.15) is 27.5 Å². The maximum absolute atomic E-state index is 13.0. The molecular weight excluding hydrogens is 388 g/mol. The van der Waals surface area contributed by atoms with Gasteiger partial charge in [-0.3, -0.25) is 9.69 Å². The number of nitrogens with zero attached hydrogens (tertiary/aromatic N) is 1. The second kappa shape index (κ2) is 10.8. The molecule has 0 spiro atoms. The van der Waals surface area contributed by atoms with Crippen molar-refractivity contribution < 1.29 is 14.3 Å². The Morgan fingerprint density at radius 2 is 1.55 bits per heavy atom. The highest BCUT2D eigenvalue weighted by Crippen LogP contribution is 2.18. The number of carbonyl (C=O) groups is 1. The Hall–Kier alpha value is -3.15. The molecule has 1 amide bonds. The van der Waals surface area contributed by atoms with E-state index in [2.05, 4.69) is 22.3 Å². The maximum Gasteiger partial charge on any atom is 0.251 e. The maximum atomic E-state index is 13.0. The number of benzene rings is 3. The highest BCUT2D eigenvalue weighted by Gasteiger charge is 2.20. The fourth-order valence-electron chi connectivity index (χ4n) is 3.65. The quantitative estimate of drug-likeness (QED) is 0.602. The van der Waals surface area contributed by atoms with E-state index in [1.165, 1.54) is 0 Å². The van der Waals surface area contributed by atoms with Gasteiger partial charge in [-0.15, -0.1) is 0 Å². The first-order chi connectivity index (χ1) is 15.3. The fourth-order valence-corrected chi connectivity index (χ4v) is 3.65. The van der Waals surface area contributed by atoms with E-state index in [-0.39, 0.29) is 11.9 Å². The Balaban J connectivity index is 1.39. The second-order valence-electron chi connectivity index (χ2n) is 7.65. The zero-order chi connectivity index (χ0) is 21.3. The zero-order valence-corrected chi connectivity index (χ0v) is 17.6. The summed E-state index contributed by atoms with van der Waals surface area (Å²) in [5.74, 6) is 0.657. The fraction of sp³-hybridized carbons (Fsp3) is 0.269. The van der Waals surface area contributed by atoms with E-state index in [9.17, 15) is 4.79 Å². The van der Waals surface area contributed by atoms with Crippen molar-refractivity contribution in [2.75, 3.05) is 32.8 Å². The Morgan fingerprint density at radius 1 is 0.903 bits per heavy atom. The Labute approximate surface area is 183 Å². The number of hydrogen-bond donors (Lipinski definition) is 1. The van der Waals surface area contributed by atoms with Crippen LogP contribution >= 0.6 is 0 Å². The van der Waals surface area contributed by atoms with E-state index in [0.29, 0.717) is 12.2 Å². The van der Waals surface area contributed by atoms with Crippen LogP contribution in [0.4, 0.5) is 0 Å². The van der Waals surface area contributed by atoms with Crippen LogP contribution in [0.15, 0.2) is 84.9 Å². The molecule has 0 unspecified atom stereocenters. The molecule has 0 saturated carbocycles. The van der Waals surface area contributed by atoms with Gasteiger partial charge in [0.05, 0.1) is 19.3 Å². The molecule has 0 aliphatic carbocycles. The van der Waals surface area contributed by atoms with Crippen molar-refractivity contribution in [2.24, 2.45) is 0 Å². The lowest BCUT2D eigenvalue weighted by atomic mass is 10.1. The van der Waals surface area contributed by atoms with Crippen LogP contribution in [0.3, 0.4) is 0 Å². The third-order valence-electron chi connectivity index (χ3n) is 5.42. The first-order valence-corrected chi connectivity index (χ1v) is 10.7. The molecule has 0 bridgehead atoms. The number of carbonyl (C=O) groups excluding carboxylic acids is 1. The predicted octanol–water partition coefficient (Wildman–Crippen LogP) is 4.07. The number of amides is 1. The monoisotopic (exact) mass is 416 g/mol. The van der Waals surface area contributed by atoms with Crippen molar-refractivity contribution in [3.05, 3.63) is 102 Å². The average molecular weight is 417 g/mol. The Morgan fingerprint density at radius 3 is 2.23 bits per heavy atom. The van der Waals surface area contributed by atoms with Crippen molar-refractivity contribution in [3.63, 3.8) is 0 Å². The molecule has 3 aromatic carbocycles. The second-order valence-corrected chi connectivity index (χ2v) is 7.65. The highest BCUT2D eigenvalue weighted by atomic mass is 16.5. The van der Waals surface area contributed by atoms with Gasteiger partial charge in [0.2, 0.25) is 0 Å². The summed E-state index contributed by atoms with van der Waals surface area (Å²) in [7, 11) is 0. The summed E-state index contributed by atoms with van der Waals surface area (Å²) in [4.78, 5) is 15.3. The number of nitrogens with one attached hydrogen (secondary N) is 1. The van der Waals surface area contributed by atoms with E-state index in [1.807, 2.05) is 72.8 Å². The highest BCUT2D eigenvalue weighted by molar-refractivity contribution is 5.94. The van der Waals surface area contributed by atoms with Crippen LogP contribution in [0.2, 0.25) is 0 Å². The Bertz CT molecular complexity index is 939. The van der Waals surface area contributed by atoms with Gasteiger partial charge in [0.1, 0.15) is 12.4 Å². The normalized spacial score (nSPS) is 15.2. The van der Waals surface area contributed by atoms with Crippen LogP contribution < -0.4 is 10.1 Å². The molecule has 4 rings (SSSR count). The minimum atomic E-state index is -0.0864. The van der Waals surface area contributed by atoms with Crippen LogP contribution in [0.25, 0.3) is 0 Å². The van der Waals surface area contributed by atoms with E-state index >= 15 is 0 Å². The van der Waals surface area contributed by atoms with Gasteiger partial charge in [-0.05, 0) is 35.4 Å². The van der Waals surface area contributed by atoms with Gasteiger partial charge in [-0.2, -0.15) is 0 Å². The molecule has 31 heavy (non-hydrogen) atoms. The summed E-state index contributed by atoms with van der Waals surface area (Å²) in [5, 5.41) is 3.21. The number of rotatable bonds is 8. The van der Waals surface area contributed by atoms with Gasteiger partial charge >= 0.3 is 0 Å². The molecule has 1 N–H and O–H groups in total. The molecule has 1 aliphatic rings. The lowest BCUT2D eigenvalue weighted by Crippen LogP contribution is -2.43. The lowest BCUT2D eigenvalue weighted by Gasteiger charge is -2.31. The van der Waals surface area contributed by atoms with Crippen LogP contribution in [-0.4, -0.2) is 43.7 Å². The number of hydrogen-bond acceptors (Lipinski definition) is 4. The van der Waals surface area contributed by atoms with E-state index in [0.717, 1.165) is 49.7 Å². The number of ether oxygens (including phenoxy) is 2. The molecule has 1 fully saturated rings. The lowest BCUT2D eigenvalue weighted by molar-refractivity contribution is 0.0332. The van der Waals surface area contributed by atoms with Gasteiger partial charge in [-0.25, -0.2) is 0 Å². The van der Waals surface area contributed by atoms with Crippen molar-refractivity contribution in [1.82, 2.24) is 10.2 Å². The minimum Gasteiger partial charge on any atom is -0.489 e. The van der Waals surface area contributed by atoms with Gasteiger partial charge < -0.3 is 14.8 Å². The zero-order valence-electron chi connectivity index (χ0n) is 17.6. The molecule has 5 nitrogen and oxygen atoms in total. The summed E-state index contributed by atoms with van der Waals surface area (Å²) >= 11 is 0. The SMILES string of the molecule is O=C(N[C@H](CN1CCOCC1)c1ccccc1)c1ccc(OCc2ccccc2)cc1. The summed E-state index contributed by atoms with van der Waals surface area (Å²) in [6, 6.07) is 27.4. The molecule has 160 valence electrons. The molecule has 0 aromatic heterocycles. The van der Waals surface area contributed by atoms with Crippen molar-refractivity contribution >= 4 is 5.91 Å². The summed E-state index contributed by atoms with van der Waals surface area (Å²) in [6.45, 7) is 4.50. The minimum absolute atomic E-state index is 0.0826. The Kier molecular flexibility index (Phi) is 7.32. The third kappa shape index (κ3) is 6.17. The van der Waals surface area contributed by atoms with Crippen molar-refractivity contribution in [2.45, 2.75) is 12.6 Å². The van der Waals surface area contributed by atoms with Crippen LogP contribution in [0.5, 0.6) is 5.75 Å². The van der Waals surface area contributed by atoms with Crippen LogP contribution in [-0.2, 0) is 11.3 Å². The average Bonchev–Trinajstić information content (AvgIpc) is 2.84. The van der Waals surface area contributed by atoms with Crippen molar-refractivity contribution in [1.29, 1.82) is 0 Å². The van der Waals surface area contributed by atoms with Gasteiger partial charge in [0.25, 0.3) is 5.91 Å². The summed E-state index contributed by atoms with van der Waals surface area (Å²) < 4.78 is 11.3. The molecule has 1 aliphatic heterocycles. The molecule has 1 saturated heterocycles. The van der Waals surface area contributed by atoms with Gasteiger partial charge in [0.15, 0.2) is 0 Å². The molecule has 1 heterocycles. The standard InChI is InChI=1S/C26H28N2O3/c29-26(23-11-13-24(14-12-23)31-20-21-7-3-1-4-8-21)27-25(22-9-5-2-6-10-22)19-28-15-17-30-18-16-28/h1-14,25H,15-20H2,(H,27,29)/t25-/m1/s1. The molecule has 3 aromatic rings. The molecule has 5 heteroatoms. The van der Waals surface area contributed by atoms with E-state index in [1.54, 1.807) is 0 Å². The summed E-state index contributed by atoms with van der Waals surface area (Å²) in [5.41, 5.74) is 2.83. The van der Waals surface area contributed by atoms with Gasteiger partial charge in [-0.1, -0.05) is 60.7 Å². The van der Waals surface area contributed by atoms with E-state index < -0.39 is 0 Å². The van der Waals surface area contributed by atoms with E-state index in [4.69, 9.17) is 9.47 Å². The first kappa shape index (κ1) is 21.1. The number of morpholine rings is 1. The molecular formula is C26H28N2O3. The predicted molar refractivity (Wildman–Crippen MR) is 121 cm³/mol.